The Balaban J connectivity index is 2.86. The summed E-state index contributed by atoms with van der Waals surface area (Å²) in [4.78, 5) is 22.7. The summed E-state index contributed by atoms with van der Waals surface area (Å²) < 4.78 is 39.9. The molecule has 1 aromatic rings. The molecule has 0 spiro atoms. The maximum absolute atomic E-state index is 12.0. The number of hydrogen-bond donors (Lipinski definition) is 1. The number of alkyl halides is 3. The molecule has 110 valence electrons. The zero-order valence-corrected chi connectivity index (χ0v) is 10.6. The summed E-state index contributed by atoms with van der Waals surface area (Å²) in [6, 6.07) is 5.31. The van der Waals surface area contributed by atoms with Gasteiger partial charge in [-0.3, -0.25) is 9.69 Å². The number of carbonyl (C=O) groups is 2. The lowest BCUT2D eigenvalue weighted by molar-refractivity contribution is -0.159. The summed E-state index contributed by atoms with van der Waals surface area (Å²) >= 11 is 5.62. The van der Waals surface area contributed by atoms with E-state index in [1.807, 2.05) is 0 Å². The molecule has 0 unspecified atom stereocenters. The number of amides is 1. The first kappa shape index (κ1) is 16.1. The van der Waals surface area contributed by atoms with Gasteiger partial charge in [-0.1, -0.05) is 11.6 Å². The average Bonchev–Trinajstić information content (AvgIpc) is 2.33. The maximum atomic E-state index is 12.0. The van der Waals surface area contributed by atoms with Gasteiger partial charge in [-0.05, 0) is 24.3 Å². The summed E-state index contributed by atoms with van der Waals surface area (Å²) in [5.74, 6) is -1.40. The lowest BCUT2D eigenvalue weighted by atomic mass is 10.3. The first-order valence-electron chi connectivity index (χ1n) is 5.17. The minimum Gasteiger partial charge on any atom is -0.480 e. The largest absolute Gasteiger partial charge is 0.480 e. The Kier molecular flexibility index (Phi) is 5.20. The molecule has 0 aliphatic heterocycles. The van der Waals surface area contributed by atoms with E-state index in [2.05, 4.69) is 4.74 Å². The highest BCUT2D eigenvalue weighted by Crippen LogP contribution is 2.20. The molecule has 0 fully saturated rings. The molecule has 0 saturated heterocycles. The molecule has 0 atom stereocenters. The molecule has 0 saturated carbocycles. The molecular weight excluding hydrogens is 303 g/mol. The smallest absolute Gasteiger partial charge is 0.422 e. The van der Waals surface area contributed by atoms with E-state index in [1.54, 1.807) is 0 Å². The fourth-order valence-corrected chi connectivity index (χ4v) is 1.37. The molecular formula is C11H9ClF3NO4. The van der Waals surface area contributed by atoms with Crippen molar-refractivity contribution in [2.45, 2.75) is 6.18 Å². The second-order valence-electron chi connectivity index (χ2n) is 3.63. The molecule has 0 aliphatic rings. The lowest BCUT2D eigenvalue weighted by Gasteiger charge is -2.20. The Morgan fingerprint density at radius 1 is 1.25 bits per heavy atom. The van der Waals surface area contributed by atoms with E-state index in [9.17, 15) is 22.8 Å². The molecule has 1 N–H and O–H groups in total. The van der Waals surface area contributed by atoms with Gasteiger partial charge in [-0.25, -0.2) is 4.79 Å². The second-order valence-corrected chi connectivity index (χ2v) is 4.06. The van der Waals surface area contributed by atoms with Gasteiger partial charge in [0.15, 0.2) is 6.61 Å². The first-order valence-corrected chi connectivity index (χ1v) is 5.55. The van der Waals surface area contributed by atoms with Crippen molar-refractivity contribution in [3.05, 3.63) is 29.3 Å². The molecule has 1 amide bonds. The number of carboxylic acid groups (broad SMARTS) is 1. The van der Waals surface area contributed by atoms with Crippen LogP contribution in [0.25, 0.3) is 0 Å². The Bertz CT molecular complexity index is 489. The van der Waals surface area contributed by atoms with Gasteiger partial charge in [0.1, 0.15) is 6.54 Å². The molecule has 0 radical (unpaired) electrons. The van der Waals surface area contributed by atoms with Crippen LogP contribution in [-0.4, -0.2) is 36.5 Å². The Morgan fingerprint density at radius 3 is 2.25 bits per heavy atom. The number of hydrogen-bond acceptors (Lipinski definition) is 3. The van der Waals surface area contributed by atoms with Crippen molar-refractivity contribution in [1.82, 2.24) is 0 Å². The Hall–Kier alpha value is -1.96. The van der Waals surface area contributed by atoms with Crippen molar-refractivity contribution in [3.8, 4) is 0 Å². The topological polar surface area (TPSA) is 66.8 Å². The molecule has 1 rings (SSSR count). The minimum absolute atomic E-state index is 0.0592. The Morgan fingerprint density at radius 2 is 1.80 bits per heavy atom. The fraction of sp³-hybridized carbons (Fsp3) is 0.273. The highest BCUT2D eigenvalue weighted by Gasteiger charge is 2.31. The van der Waals surface area contributed by atoms with Crippen LogP contribution in [0.5, 0.6) is 0 Å². The van der Waals surface area contributed by atoms with E-state index in [4.69, 9.17) is 16.7 Å². The number of rotatable bonds is 4. The van der Waals surface area contributed by atoms with Crippen LogP contribution in [0.15, 0.2) is 24.3 Å². The van der Waals surface area contributed by atoms with Gasteiger partial charge in [0.25, 0.3) is 0 Å². The van der Waals surface area contributed by atoms with Gasteiger partial charge in [-0.2, -0.15) is 13.2 Å². The van der Waals surface area contributed by atoms with E-state index in [0.717, 1.165) is 0 Å². The van der Waals surface area contributed by atoms with E-state index in [1.165, 1.54) is 24.3 Å². The number of ether oxygens (including phenoxy) is 1. The SMILES string of the molecule is O=C(O)CN(C(=O)OCC(F)(F)F)c1ccc(Cl)cc1. The van der Waals surface area contributed by atoms with Crippen LogP contribution in [0, 0.1) is 0 Å². The minimum atomic E-state index is -4.69. The zero-order chi connectivity index (χ0) is 15.3. The normalized spacial score (nSPS) is 11.0. The molecule has 0 heterocycles. The molecule has 0 bridgehead atoms. The molecule has 0 aliphatic carbocycles. The monoisotopic (exact) mass is 311 g/mol. The summed E-state index contributed by atoms with van der Waals surface area (Å²) in [6.07, 6.45) is -6.10. The van der Waals surface area contributed by atoms with Crippen LogP contribution >= 0.6 is 11.6 Å². The van der Waals surface area contributed by atoms with Crippen LogP contribution in [0.1, 0.15) is 0 Å². The first-order chi connectivity index (χ1) is 9.19. The molecule has 9 heteroatoms. The van der Waals surface area contributed by atoms with Crippen LogP contribution < -0.4 is 4.90 Å². The summed E-state index contributed by atoms with van der Waals surface area (Å²) in [6.45, 7) is -2.63. The second kappa shape index (κ2) is 6.47. The summed E-state index contributed by atoms with van der Waals surface area (Å²) in [5.41, 5.74) is 0.0592. The number of benzene rings is 1. The number of aliphatic carboxylic acids is 1. The van der Waals surface area contributed by atoms with Crippen LogP contribution in [0.3, 0.4) is 0 Å². The van der Waals surface area contributed by atoms with Gasteiger partial charge in [0.2, 0.25) is 0 Å². The number of anilines is 1. The molecule has 0 aromatic heterocycles. The summed E-state index contributed by atoms with van der Waals surface area (Å²) in [7, 11) is 0. The van der Waals surface area contributed by atoms with E-state index in [-0.39, 0.29) is 5.69 Å². The average molecular weight is 312 g/mol. The predicted octanol–water partition coefficient (Wildman–Crippen LogP) is 2.93. The highest BCUT2D eigenvalue weighted by molar-refractivity contribution is 6.30. The van der Waals surface area contributed by atoms with E-state index in [0.29, 0.717) is 9.92 Å². The van der Waals surface area contributed by atoms with Gasteiger partial charge in [0, 0.05) is 10.7 Å². The standard InChI is InChI=1S/C11H9ClF3NO4/c12-7-1-3-8(4-2-7)16(5-9(17)18)10(19)20-6-11(13,14)15/h1-4H,5-6H2,(H,17,18). The van der Waals surface area contributed by atoms with Crippen molar-refractivity contribution in [2.24, 2.45) is 0 Å². The summed E-state index contributed by atoms with van der Waals surface area (Å²) in [5, 5.41) is 9.01. The third-order valence-corrected chi connectivity index (χ3v) is 2.26. The van der Waals surface area contributed by atoms with Gasteiger partial charge in [-0.15, -0.1) is 0 Å². The van der Waals surface area contributed by atoms with Crippen LogP contribution in [0.4, 0.5) is 23.7 Å². The highest BCUT2D eigenvalue weighted by atomic mass is 35.5. The van der Waals surface area contributed by atoms with Crippen LogP contribution in [0.2, 0.25) is 5.02 Å². The van der Waals surface area contributed by atoms with Crippen LogP contribution in [-0.2, 0) is 9.53 Å². The number of nitrogens with zero attached hydrogens (tertiary/aromatic N) is 1. The molecule has 1 aromatic carbocycles. The van der Waals surface area contributed by atoms with Crippen molar-refractivity contribution >= 4 is 29.4 Å². The zero-order valence-electron chi connectivity index (χ0n) is 9.85. The number of halogens is 4. The third-order valence-electron chi connectivity index (χ3n) is 2.01. The lowest BCUT2D eigenvalue weighted by Crippen LogP contribution is -2.37. The van der Waals surface area contributed by atoms with Crippen molar-refractivity contribution in [1.29, 1.82) is 0 Å². The predicted molar refractivity (Wildman–Crippen MR) is 63.8 cm³/mol. The van der Waals surface area contributed by atoms with E-state index >= 15 is 0 Å². The van der Waals surface area contributed by atoms with E-state index < -0.39 is 31.4 Å². The quantitative estimate of drug-likeness (QED) is 0.928. The maximum Gasteiger partial charge on any atom is 0.422 e. The fourth-order valence-electron chi connectivity index (χ4n) is 1.24. The van der Waals surface area contributed by atoms with Crippen molar-refractivity contribution < 1.29 is 32.6 Å². The Labute approximate surface area is 116 Å². The van der Waals surface area contributed by atoms with Crippen molar-refractivity contribution in [3.63, 3.8) is 0 Å². The van der Waals surface area contributed by atoms with Gasteiger partial charge in [0.05, 0.1) is 0 Å². The van der Waals surface area contributed by atoms with Gasteiger partial charge >= 0.3 is 18.2 Å². The third kappa shape index (κ3) is 5.35. The van der Waals surface area contributed by atoms with Gasteiger partial charge < -0.3 is 9.84 Å². The molecule has 5 nitrogen and oxygen atoms in total. The van der Waals surface area contributed by atoms with Crippen molar-refractivity contribution in [2.75, 3.05) is 18.1 Å². The number of carbonyl (C=O) groups excluding carboxylic acids is 1. The molecule has 20 heavy (non-hydrogen) atoms. The number of carboxylic acids is 1.